The molecular weight excluding hydrogens is 358 g/mol. The molecule has 1 aromatic carbocycles. The third kappa shape index (κ3) is 3.84. The lowest BCUT2D eigenvalue weighted by Crippen LogP contribution is -2.36. The van der Waals surface area contributed by atoms with Gasteiger partial charge in [-0.25, -0.2) is 9.97 Å². The molecule has 2 aromatic rings. The molecule has 3 heterocycles. The molecule has 1 amide bonds. The van der Waals surface area contributed by atoms with Gasteiger partial charge in [0.25, 0.3) is 0 Å². The van der Waals surface area contributed by atoms with E-state index < -0.39 is 5.91 Å². The average molecular weight is 383 g/mol. The quantitative estimate of drug-likeness (QED) is 0.685. The van der Waals surface area contributed by atoms with Gasteiger partial charge >= 0.3 is 0 Å². The second-order valence-electron chi connectivity index (χ2n) is 6.97. The SMILES string of the molecule is CCO[C@H]1COC[C@@H]1Nc1nc(-c2ccc(C(N)=O)cc2)nc2c1CCNC2. The van der Waals surface area contributed by atoms with E-state index in [0.29, 0.717) is 37.8 Å². The smallest absolute Gasteiger partial charge is 0.248 e. The summed E-state index contributed by atoms with van der Waals surface area (Å²) in [5.74, 6) is 1.00. The summed E-state index contributed by atoms with van der Waals surface area (Å²) in [5, 5.41) is 6.91. The van der Waals surface area contributed by atoms with Crippen molar-refractivity contribution >= 4 is 11.7 Å². The highest BCUT2D eigenvalue weighted by Gasteiger charge is 2.30. The van der Waals surface area contributed by atoms with Crippen LogP contribution in [0.25, 0.3) is 11.4 Å². The maximum atomic E-state index is 11.3. The molecule has 0 spiro atoms. The number of hydrogen-bond donors (Lipinski definition) is 3. The third-order valence-corrected chi connectivity index (χ3v) is 5.10. The standard InChI is InChI=1S/C20H25N5O3/c1-2-28-17-11-27-10-16(17)24-20-14-7-8-22-9-15(14)23-19(25-20)13-5-3-12(4-6-13)18(21)26/h3-6,16-17,22H,2,7-11H2,1H3,(H2,21,26)(H,23,24,25)/t16-,17-/m0/s1. The number of nitrogens with zero attached hydrogens (tertiary/aromatic N) is 2. The molecule has 8 nitrogen and oxygen atoms in total. The highest BCUT2D eigenvalue weighted by molar-refractivity contribution is 5.93. The summed E-state index contributed by atoms with van der Waals surface area (Å²) in [7, 11) is 0. The Bertz CT molecular complexity index is 856. The molecule has 28 heavy (non-hydrogen) atoms. The largest absolute Gasteiger partial charge is 0.376 e. The normalized spacial score (nSPS) is 21.3. The number of carbonyl (C=O) groups is 1. The van der Waals surface area contributed by atoms with Crippen LogP contribution in [0.1, 0.15) is 28.5 Å². The molecule has 0 aliphatic carbocycles. The van der Waals surface area contributed by atoms with Crippen LogP contribution < -0.4 is 16.4 Å². The predicted octanol–water partition coefficient (Wildman–Crippen LogP) is 1.10. The van der Waals surface area contributed by atoms with E-state index in [0.717, 1.165) is 35.6 Å². The van der Waals surface area contributed by atoms with Crippen molar-refractivity contribution in [2.45, 2.75) is 32.0 Å². The molecule has 4 rings (SSSR count). The van der Waals surface area contributed by atoms with Crippen molar-refractivity contribution in [2.75, 3.05) is 31.7 Å². The van der Waals surface area contributed by atoms with Gasteiger partial charge in [-0.15, -0.1) is 0 Å². The molecule has 1 aromatic heterocycles. The number of anilines is 1. The Balaban J connectivity index is 1.67. The minimum atomic E-state index is -0.451. The second-order valence-corrected chi connectivity index (χ2v) is 6.97. The molecule has 1 fully saturated rings. The maximum Gasteiger partial charge on any atom is 0.248 e. The number of benzene rings is 1. The topological polar surface area (TPSA) is 111 Å². The van der Waals surface area contributed by atoms with Crippen LogP contribution in [-0.2, 0) is 22.4 Å². The molecule has 0 saturated carbocycles. The average Bonchev–Trinajstić information content (AvgIpc) is 3.15. The van der Waals surface area contributed by atoms with E-state index >= 15 is 0 Å². The van der Waals surface area contributed by atoms with E-state index in [1.54, 1.807) is 12.1 Å². The summed E-state index contributed by atoms with van der Waals surface area (Å²) in [6.45, 7) is 5.41. The first-order valence-electron chi connectivity index (χ1n) is 9.62. The van der Waals surface area contributed by atoms with Crippen LogP contribution in [0.4, 0.5) is 5.82 Å². The van der Waals surface area contributed by atoms with Gasteiger partial charge in [0.2, 0.25) is 5.91 Å². The Morgan fingerprint density at radius 2 is 2.14 bits per heavy atom. The number of hydrogen-bond acceptors (Lipinski definition) is 7. The highest BCUT2D eigenvalue weighted by atomic mass is 16.5. The van der Waals surface area contributed by atoms with Crippen LogP contribution in [0.3, 0.4) is 0 Å². The highest BCUT2D eigenvalue weighted by Crippen LogP contribution is 2.27. The van der Waals surface area contributed by atoms with Gasteiger partial charge in [-0.3, -0.25) is 4.79 Å². The molecular formula is C20H25N5O3. The van der Waals surface area contributed by atoms with Crippen LogP contribution in [0, 0.1) is 0 Å². The summed E-state index contributed by atoms with van der Waals surface area (Å²) in [6, 6.07) is 7.09. The van der Waals surface area contributed by atoms with Gasteiger partial charge in [0.1, 0.15) is 11.9 Å². The van der Waals surface area contributed by atoms with Gasteiger partial charge in [-0.05, 0) is 32.0 Å². The number of amides is 1. The van der Waals surface area contributed by atoms with E-state index in [1.807, 2.05) is 19.1 Å². The maximum absolute atomic E-state index is 11.3. The zero-order valence-corrected chi connectivity index (χ0v) is 15.9. The summed E-state index contributed by atoms with van der Waals surface area (Å²) >= 11 is 0. The van der Waals surface area contributed by atoms with Crippen molar-refractivity contribution in [3.05, 3.63) is 41.1 Å². The Kier molecular flexibility index (Phi) is 5.52. The van der Waals surface area contributed by atoms with Gasteiger partial charge in [-0.1, -0.05) is 12.1 Å². The van der Waals surface area contributed by atoms with Gasteiger partial charge in [0, 0.05) is 29.8 Å². The third-order valence-electron chi connectivity index (χ3n) is 5.10. The number of ether oxygens (including phenoxy) is 2. The van der Waals surface area contributed by atoms with Crippen molar-refractivity contribution in [3.63, 3.8) is 0 Å². The van der Waals surface area contributed by atoms with Gasteiger partial charge < -0.3 is 25.8 Å². The number of primary amides is 1. The van der Waals surface area contributed by atoms with Crippen LogP contribution in [0.5, 0.6) is 0 Å². The number of fused-ring (bicyclic) bond motifs is 1. The van der Waals surface area contributed by atoms with E-state index in [1.165, 1.54) is 0 Å². The van der Waals surface area contributed by atoms with E-state index in [-0.39, 0.29) is 12.1 Å². The Labute approximate surface area is 163 Å². The Morgan fingerprint density at radius 1 is 1.32 bits per heavy atom. The summed E-state index contributed by atoms with van der Waals surface area (Å²) < 4.78 is 11.4. The molecule has 1 saturated heterocycles. The molecule has 0 bridgehead atoms. The lowest BCUT2D eigenvalue weighted by molar-refractivity contribution is 0.0478. The summed E-state index contributed by atoms with van der Waals surface area (Å²) in [6.07, 6.45) is 0.876. The van der Waals surface area contributed by atoms with E-state index in [9.17, 15) is 4.79 Å². The fourth-order valence-corrected chi connectivity index (χ4v) is 3.61. The van der Waals surface area contributed by atoms with Crippen molar-refractivity contribution in [3.8, 4) is 11.4 Å². The van der Waals surface area contributed by atoms with Gasteiger partial charge in [0.15, 0.2) is 5.82 Å². The lowest BCUT2D eigenvalue weighted by Gasteiger charge is -2.24. The van der Waals surface area contributed by atoms with Crippen LogP contribution in [0.2, 0.25) is 0 Å². The fraction of sp³-hybridized carbons (Fsp3) is 0.450. The monoisotopic (exact) mass is 383 g/mol. The molecule has 2 aliphatic rings. The second kappa shape index (κ2) is 8.22. The number of rotatable bonds is 6. The minimum absolute atomic E-state index is 0.00984. The molecule has 8 heteroatoms. The summed E-state index contributed by atoms with van der Waals surface area (Å²) in [5.41, 5.74) is 8.76. The molecule has 2 atom stereocenters. The fourth-order valence-electron chi connectivity index (χ4n) is 3.61. The van der Waals surface area contributed by atoms with Crippen molar-refractivity contribution in [1.82, 2.24) is 15.3 Å². The molecule has 2 aliphatic heterocycles. The van der Waals surface area contributed by atoms with Crippen LogP contribution in [0.15, 0.2) is 24.3 Å². The first kappa shape index (κ1) is 18.8. The number of nitrogens with one attached hydrogen (secondary N) is 2. The predicted molar refractivity (Wildman–Crippen MR) is 105 cm³/mol. The zero-order valence-electron chi connectivity index (χ0n) is 15.9. The number of aromatic nitrogens is 2. The van der Waals surface area contributed by atoms with E-state index in [2.05, 4.69) is 10.6 Å². The van der Waals surface area contributed by atoms with Gasteiger partial charge in [-0.2, -0.15) is 0 Å². The molecule has 0 radical (unpaired) electrons. The van der Waals surface area contributed by atoms with Crippen molar-refractivity contribution in [2.24, 2.45) is 5.73 Å². The molecule has 4 N–H and O–H groups in total. The number of nitrogens with two attached hydrogens (primary N) is 1. The zero-order chi connectivity index (χ0) is 19.5. The van der Waals surface area contributed by atoms with Crippen molar-refractivity contribution < 1.29 is 14.3 Å². The van der Waals surface area contributed by atoms with E-state index in [4.69, 9.17) is 25.2 Å². The Morgan fingerprint density at radius 3 is 2.89 bits per heavy atom. The van der Waals surface area contributed by atoms with Crippen molar-refractivity contribution in [1.29, 1.82) is 0 Å². The first-order chi connectivity index (χ1) is 13.7. The van der Waals surface area contributed by atoms with Crippen LogP contribution >= 0.6 is 0 Å². The first-order valence-corrected chi connectivity index (χ1v) is 9.62. The lowest BCUT2D eigenvalue weighted by atomic mass is 10.0. The van der Waals surface area contributed by atoms with Crippen LogP contribution in [-0.4, -0.2) is 54.4 Å². The number of carbonyl (C=O) groups excluding carboxylic acids is 1. The summed E-state index contributed by atoms with van der Waals surface area (Å²) in [4.78, 5) is 20.9. The molecule has 148 valence electrons. The Hall–Kier alpha value is -2.55. The minimum Gasteiger partial charge on any atom is -0.376 e. The molecule has 0 unspecified atom stereocenters. The van der Waals surface area contributed by atoms with Gasteiger partial charge in [0.05, 0.1) is 24.9 Å².